The second-order valence-electron chi connectivity index (χ2n) is 2.92. The van der Waals surface area contributed by atoms with Crippen molar-refractivity contribution in [1.29, 1.82) is 0 Å². The van der Waals surface area contributed by atoms with Gasteiger partial charge in [0.15, 0.2) is 0 Å². The van der Waals surface area contributed by atoms with Gasteiger partial charge in [-0.1, -0.05) is 20.4 Å². The summed E-state index contributed by atoms with van der Waals surface area (Å²) in [7, 11) is 0. The number of allylic oxidation sites excluding steroid dienone is 1. The van der Waals surface area contributed by atoms with E-state index in [1.165, 1.54) is 0 Å². The maximum atomic E-state index is 11.1. The van der Waals surface area contributed by atoms with E-state index >= 15 is 0 Å². The molecular weight excluding hydrogens is 150 g/mol. The average Bonchev–Trinajstić information content (AvgIpc) is 2.35. The molecule has 1 rings (SSSR count). The minimum Gasteiger partial charge on any atom is -0.314 e. The lowest BCUT2D eigenvalue weighted by Crippen LogP contribution is -2.29. The molecule has 1 saturated heterocycles. The van der Waals surface area contributed by atoms with E-state index in [4.69, 9.17) is 0 Å². The molecule has 0 radical (unpaired) electrons. The number of likely N-dealkylation sites (tertiary alicyclic amines) is 1. The van der Waals surface area contributed by atoms with Crippen molar-refractivity contribution in [2.45, 2.75) is 46.6 Å². The molecule has 0 aliphatic carbocycles. The Morgan fingerprint density at radius 2 is 1.83 bits per heavy atom. The molecule has 0 atom stereocenters. The Morgan fingerprint density at radius 3 is 2.00 bits per heavy atom. The highest BCUT2D eigenvalue weighted by Crippen LogP contribution is 2.22. The topological polar surface area (TPSA) is 20.3 Å². The van der Waals surface area contributed by atoms with E-state index in [0.717, 1.165) is 12.1 Å². The van der Waals surface area contributed by atoms with Crippen LogP contribution in [0.5, 0.6) is 0 Å². The summed E-state index contributed by atoms with van der Waals surface area (Å²) < 4.78 is 0. The molecule has 1 heterocycles. The predicted octanol–water partition coefficient (Wildman–Crippen LogP) is 2.56. The Labute approximate surface area is 75.3 Å². The van der Waals surface area contributed by atoms with Gasteiger partial charge >= 0.3 is 0 Å². The van der Waals surface area contributed by atoms with Crippen molar-refractivity contribution < 1.29 is 4.79 Å². The summed E-state index contributed by atoms with van der Waals surface area (Å²) in [5.74, 6) is 0.222. The minimum atomic E-state index is 0.222. The van der Waals surface area contributed by atoms with Crippen molar-refractivity contribution in [2.75, 3.05) is 0 Å². The highest BCUT2D eigenvalue weighted by atomic mass is 16.2. The lowest BCUT2D eigenvalue weighted by Gasteiger charge is -2.21. The quantitative estimate of drug-likeness (QED) is 0.590. The molecule has 0 unspecified atom stereocenters. The molecule has 12 heavy (non-hydrogen) atoms. The third-order valence-electron chi connectivity index (χ3n) is 1.75. The highest BCUT2D eigenvalue weighted by Gasteiger charge is 2.25. The van der Waals surface area contributed by atoms with Gasteiger partial charge in [0.1, 0.15) is 0 Å². The van der Waals surface area contributed by atoms with Crippen molar-refractivity contribution in [2.24, 2.45) is 0 Å². The number of carbonyl (C=O) groups is 1. The number of nitrogens with zero attached hydrogens (tertiary/aromatic N) is 1. The van der Waals surface area contributed by atoms with Crippen molar-refractivity contribution in [3.8, 4) is 0 Å². The minimum absolute atomic E-state index is 0.222. The Bertz CT molecular complexity index is 157. The predicted molar refractivity (Wildman–Crippen MR) is 51.7 cm³/mol. The molecule has 0 saturated carbocycles. The Kier molecular flexibility index (Phi) is 4.64. The lowest BCUT2D eigenvalue weighted by molar-refractivity contribution is -0.127. The first kappa shape index (κ1) is 11.2. The molecular formula is C10H19NO. The summed E-state index contributed by atoms with van der Waals surface area (Å²) in [6.07, 6.45) is 1.49. The third kappa shape index (κ3) is 2.36. The van der Waals surface area contributed by atoms with Crippen molar-refractivity contribution in [3.05, 3.63) is 12.3 Å². The van der Waals surface area contributed by atoms with Gasteiger partial charge in [-0.25, -0.2) is 0 Å². The van der Waals surface area contributed by atoms with Crippen LogP contribution in [0.4, 0.5) is 0 Å². The molecule has 0 bridgehead atoms. The summed E-state index contributed by atoms with van der Waals surface area (Å²) in [4.78, 5) is 12.9. The fourth-order valence-electron chi connectivity index (χ4n) is 1.32. The van der Waals surface area contributed by atoms with Crippen LogP contribution < -0.4 is 0 Å². The van der Waals surface area contributed by atoms with E-state index in [1.54, 1.807) is 4.90 Å². The molecule has 1 aliphatic heterocycles. The average molecular weight is 169 g/mol. The molecule has 2 heteroatoms. The van der Waals surface area contributed by atoms with Gasteiger partial charge in [-0.15, -0.1) is 0 Å². The van der Waals surface area contributed by atoms with Crippen LogP contribution in [0.25, 0.3) is 0 Å². The van der Waals surface area contributed by atoms with E-state index < -0.39 is 0 Å². The van der Waals surface area contributed by atoms with Gasteiger partial charge in [0.2, 0.25) is 5.91 Å². The van der Waals surface area contributed by atoms with Crippen LogP contribution in [0.2, 0.25) is 0 Å². The van der Waals surface area contributed by atoms with E-state index in [0.29, 0.717) is 6.42 Å². The third-order valence-corrected chi connectivity index (χ3v) is 1.75. The van der Waals surface area contributed by atoms with Crippen LogP contribution in [0, 0.1) is 0 Å². The van der Waals surface area contributed by atoms with E-state index in [1.807, 2.05) is 27.7 Å². The molecule has 0 aromatic heterocycles. The zero-order valence-corrected chi connectivity index (χ0v) is 8.55. The van der Waals surface area contributed by atoms with Gasteiger partial charge in [-0.2, -0.15) is 0 Å². The molecule has 70 valence electrons. The zero-order valence-electron chi connectivity index (χ0n) is 8.55. The van der Waals surface area contributed by atoms with Gasteiger partial charge in [-0.3, -0.25) is 4.79 Å². The molecule has 0 N–H and O–H groups in total. The smallest absolute Gasteiger partial charge is 0.227 e. The van der Waals surface area contributed by atoms with E-state index in [2.05, 4.69) is 6.58 Å². The largest absolute Gasteiger partial charge is 0.314 e. The molecule has 0 aromatic rings. The van der Waals surface area contributed by atoms with Crippen LogP contribution in [0.3, 0.4) is 0 Å². The van der Waals surface area contributed by atoms with Gasteiger partial charge in [0, 0.05) is 18.2 Å². The molecule has 0 aromatic carbocycles. The number of hydrogen-bond donors (Lipinski definition) is 0. The lowest BCUT2D eigenvalue weighted by atomic mass is 10.3. The van der Waals surface area contributed by atoms with Gasteiger partial charge in [0.25, 0.3) is 0 Å². The highest BCUT2D eigenvalue weighted by molar-refractivity contribution is 5.81. The summed E-state index contributed by atoms with van der Waals surface area (Å²) >= 11 is 0. The standard InChI is InChI=1S/C8H13NO.C2H6/c1-6(2)9-7(3)4-5-8(9)10;1-2/h6H,3-5H2,1-2H3;1-2H3. The van der Waals surface area contributed by atoms with Gasteiger partial charge in [-0.05, 0) is 20.3 Å². The first-order chi connectivity index (χ1) is 5.63. The van der Waals surface area contributed by atoms with E-state index in [-0.39, 0.29) is 11.9 Å². The second kappa shape index (κ2) is 4.96. The summed E-state index contributed by atoms with van der Waals surface area (Å²) in [6.45, 7) is 11.8. The van der Waals surface area contributed by atoms with Gasteiger partial charge < -0.3 is 4.90 Å². The Morgan fingerprint density at radius 1 is 1.33 bits per heavy atom. The normalized spacial score (nSPS) is 16.6. The van der Waals surface area contributed by atoms with Crippen LogP contribution in [0.1, 0.15) is 40.5 Å². The van der Waals surface area contributed by atoms with Crippen molar-refractivity contribution in [1.82, 2.24) is 4.90 Å². The fraction of sp³-hybridized carbons (Fsp3) is 0.700. The van der Waals surface area contributed by atoms with Crippen LogP contribution >= 0.6 is 0 Å². The Balaban J connectivity index is 0.000000561. The van der Waals surface area contributed by atoms with Gasteiger partial charge in [0.05, 0.1) is 0 Å². The number of amides is 1. The SMILES string of the molecule is C=C1CCC(=O)N1C(C)C.CC. The summed E-state index contributed by atoms with van der Waals surface area (Å²) in [5, 5.41) is 0. The maximum Gasteiger partial charge on any atom is 0.227 e. The second-order valence-corrected chi connectivity index (χ2v) is 2.92. The molecule has 1 fully saturated rings. The van der Waals surface area contributed by atoms with Crippen molar-refractivity contribution >= 4 is 5.91 Å². The van der Waals surface area contributed by atoms with E-state index in [9.17, 15) is 4.79 Å². The molecule has 1 aliphatic rings. The molecule has 0 spiro atoms. The fourth-order valence-corrected chi connectivity index (χ4v) is 1.32. The first-order valence-corrected chi connectivity index (χ1v) is 4.62. The van der Waals surface area contributed by atoms with Crippen molar-refractivity contribution in [3.63, 3.8) is 0 Å². The summed E-state index contributed by atoms with van der Waals surface area (Å²) in [5.41, 5.74) is 0.972. The number of carbonyl (C=O) groups excluding carboxylic acids is 1. The zero-order chi connectivity index (χ0) is 9.72. The number of rotatable bonds is 1. The first-order valence-electron chi connectivity index (χ1n) is 4.62. The molecule has 1 amide bonds. The summed E-state index contributed by atoms with van der Waals surface area (Å²) in [6, 6.07) is 0.280. The van der Waals surface area contributed by atoms with Crippen LogP contribution in [-0.4, -0.2) is 16.8 Å². The molecule has 2 nitrogen and oxygen atoms in total. The maximum absolute atomic E-state index is 11.1. The van der Waals surface area contributed by atoms with Crippen LogP contribution in [0.15, 0.2) is 12.3 Å². The number of hydrogen-bond acceptors (Lipinski definition) is 1. The Hall–Kier alpha value is -0.790. The monoisotopic (exact) mass is 169 g/mol. The van der Waals surface area contributed by atoms with Crippen LogP contribution in [-0.2, 0) is 4.79 Å².